The van der Waals surface area contributed by atoms with Crippen molar-refractivity contribution in [3.05, 3.63) is 70.6 Å². The van der Waals surface area contributed by atoms with E-state index in [4.69, 9.17) is 9.97 Å². The van der Waals surface area contributed by atoms with Crippen LogP contribution in [-0.4, -0.2) is 33.9 Å². The van der Waals surface area contributed by atoms with E-state index >= 15 is 0 Å². The van der Waals surface area contributed by atoms with Crippen molar-refractivity contribution in [1.29, 1.82) is 0 Å². The van der Waals surface area contributed by atoms with Gasteiger partial charge in [0.05, 0.1) is 10.9 Å². The Balaban J connectivity index is 1.37. The number of anilines is 1. The van der Waals surface area contributed by atoms with Gasteiger partial charge < -0.3 is 10.6 Å². The number of rotatable bonds is 6. The van der Waals surface area contributed by atoms with Crippen LogP contribution in [0.3, 0.4) is 0 Å². The van der Waals surface area contributed by atoms with Crippen LogP contribution in [0.25, 0.3) is 21.6 Å². The zero-order chi connectivity index (χ0) is 21.2. The zero-order valence-corrected chi connectivity index (χ0v) is 17.5. The highest BCUT2D eigenvalue weighted by molar-refractivity contribution is 7.19. The van der Waals surface area contributed by atoms with Crippen LogP contribution in [0.5, 0.6) is 0 Å². The predicted molar refractivity (Wildman–Crippen MR) is 120 cm³/mol. The van der Waals surface area contributed by atoms with E-state index in [1.54, 1.807) is 35.9 Å². The van der Waals surface area contributed by atoms with Gasteiger partial charge in [0.1, 0.15) is 16.5 Å². The first kappa shape index (κ1) is 19.6. The average molecular weight is 434 g/mol. The molecule has 0 fully saturated rings. The Morgan fingerprint density at radius 1 is 1.10 bits per heavy atom. The molecule has 0 radical (unpaired) electrons. The molecule has 0 bridgehead atoms. The van der Waals surface area contributed by atoms with Crippen molar-refractivity contribution < 1.29 is 9.18 Å². The molecule has 0 unspecified atom stereocenters. The van der Waals surface area contributed by atoms with E-state index in [1.165, 1.54) is 22.6 Å². The number of aryl methyl sites for hydroxylation is 2. The van der Waals surface area contributed by atoms with Crippen molar-refractivity contribution >= 4 is 33.3 Å². The Kier molecular flexibility index (Phi) is 5.30. The molecular formula is C23H20FN5OS. The number of nitrogens with zero attached hydrogens (tertiary/aromatic N) is 3. The molecule has 3 aromatic heterocycles. The topological polar surface area (TPSA) is 79.8 Å². The Hall–Kier alpha value is -3.39. The van der Waals surface area contributed by atoms with Crippen LogP contribution in [0, 0.1) is 5.82 Å². The second-order valence-corrected chi connectivity index (χ2v) is 8.42. The first-order valence-corrected chi connectivity index (χ1v) is 11.0. The molecule has 3 heterocycles. The van der Waals surface area contributed by atoms with Gasteiger partial charge in [-0.15, -0.1) is 11.3 Å². The smallest absolute Gasteiger partial charge is 0.254 e. The number of aromatic nitrogens is 3. The van der Waals surface area contributed by atoms with Crippen molar-refractivity contribution in [3.8, 4) is 11.4 Å². The molecular weight excluding hydrogens is 413 g/mol. The zero-order valence-electron chi connectivity index (χ0n) is 16.7. The van der Waals surface area contributed by atoms with Crippen LogP contribution in [0.1, 0.15) is 27.2 Å². The number of nitrogens with one attached hydrogen (secondary N) is 2. The molecule has 1 amide bonds. The van der Waals surface area contributed by atoms with Gasteiger partial charge in [-0.1, -0.05) is 12.1 Å². The molecule has 0 saturated carbocycles. The van der Waals surface area contributed by atoms with E-state index in [9.17, 15) is 9.18 Å². The fraction of sp³-hybridized carbons (Fsp3) is 0.217. The Morgan fingerprint density at radius 2 is 2.00 bits per heavy atom. The van der Waals surface area contributed by atoms with E-state index < -0.39 is 11.7 Å². The van der Waals surface area contributed by atoms with Crippen molar-refractivity contribution in [1.82, 2.24) is 20.3 Å². The van der Waals surface area contributed by atoms with Crippen LogP contribution in [0.4, 0.5) is 10.2 Å². The van der Waals surface area contributed by atoms with Gasteiger partial charge in [-0.2, -0.15) is 0 Å². The van der Waals surface area contributed by atoms with E-state index in [2.05, 4.69) is 15.6 Å². The highest BCUT2D eigenvalue weighted by atomic mass is 32.1. The minimum Gasteiger partial charge on any atom is -0.368 e. The molecule has 5 rings (SSSR count). The third-order valence-corrected chi connectivity index (χ3v) is 6.49. The monoisotopic (exact) mass is 433 g/mol. The molecule has 0 atom stereocenters. The van der Waals surface area contributed by atoms with Gasteiger partial charge in [0.2, 0.25) is 0 Å². The summed E-state index contributed by atoms with van der Waals surface area (Å²) in [6, 6.07) is 9.76. The SMILES string of the molecule is O=C(NCCNc1nc(-c2cccnc2)nc2sc3c(c12)CCC3)c1ccccc1F. The minimum absolute atomic E-state index is 0.0430. The largest absolute Gasteiger partial charge is 0.368 e. The molecule has 0 saturated heterocycles. The maximum atomic E-state index is 13.8. The number of pyridine rings is 1. The van der Waals surface area contributed by atoms with E-state index in [0.717, 1.165) is 40.9 Å². The number of thiophene rings is 1. The summed E-state index contributed by atoms with van der Waals surface area (Å²) < 4.78 is 13.8. The van der Waals surface area contributed by atoms with Crippen LogP contribution >= 0.6 is 11.3 Å². The highest BCUT2D eigenvalue weighted by Gasteiger charge is 2.22. The number of benzene rings is 1. The quantitative estimate of drug-likeness (QED) is 0.445. The number of hydrogen-bond acceptors (Lipinski definition) is 6. The third-order valence-electron chi connectivity index (χ3n) is 5.31. The van der Waals surface area contributed by atoms with E-state index in [0.29, 0.717) is 18.9 Å². The maximum Gasteiger partial charge on any atom is 0.254 e. The van der Waals surface area contributed by atoms with Gasteiger partial charge >= 0.3 is 0 Å². The lowest BCUT2D eigenvalue weighted by molar-refractivity contribution is 0.0951. The molecule has 6 nitrogen and oxygen atoms in total. The molecule has 0 spiro atoms. The summed E-state index contributed by atoms with van der Waals surface area (Å²) in [5.74, 6) is 0.433. The van der Waals surface area contributed by atoms with Gasteiger partial charge in [0, 0.05) is 35.9 Å². The fourth-order valence-electron chi connectivity index (χ4n) is 3.85. The second-order valence-electron chi connectivity index (χ2n) is 7.34. The Labute approximate surface area is 182 Å². The number of halogens is 1. The molecule has 4 aromatic rings. The van der Waals surface area contributed by atoms with Crippen molar-refractivity contribution in [2.45, 2.75) is 19.3 Å². The molecule has 2 N–H and O–H groups in total. The number of carbonyl (C=O) groups is 1. The number of amides is 1. The summed E-state index contributed by atoms with van der Waals surface area (Å²) in [7, 11) is 0. The maximum absolute atomic E-state index is 13.8. The molecule has 156 valence electrons. The van der Waals surface area contributed by atoms with E-state index in [-0.39, 0.29) is 5.56 Å². The van der Waals surface area contributed by atoms with Gasteiger partial charge in [-0.05, 0) is 49.1 Å². The average Bonchev–Trinajstić information content (AvgIpc) is 3.38. The lowest BCUT2D eigenvalue weighted by Gasteiger charge is -2.11. The van der Waals surface area contributed by atoms with E-state index in [1.807, 2.05) is 12.1 Å². The Bertz CT molecular complexity index is 1260. The second kappa shape index (κ2) is 8.39. The third kappa shape index (κ3) is 3.86. The summed E-state index contributed by atoms with van der Waals surface area (Å²) in [5, 5.41) is 7.19. The summed E-state index contributed by atoms with van der Waals surface area (Å²) >= 11 is 1.73. The van der Waals surface area contributed by atoms with Crippen LogP contribution < -0.4 is 10.6 Å². The molecule has 1 aliphatic rings. The summed E-state index contributed by atoms with van der Waals surface area (Å²) in [6.45, 7) is 0.802. The number of fused-ring (bicyclic) bond motifs is 3. The first-order valence-electron chi connectivity index (χ1n) is 10.2. The number of carbonyl (C=O) groups excluding carboxylic acids is 1. The molecule has 1 aromatic carbocycles. The minimum atomic E-state index is -0.527. The normalized spacial score (nSPS) is 12.7. The van der Waals surface area contributed by atoms with Crippen molar-refractivity contribution in [2.75, 3.05) is 18.4 Å². The summed E-state index contributed by atoms with van der Waals surface area (Å²) in [5.41, 5.74) is 2.23. The number of hydrogen-bond donors (Lipinski definition) is 2. The Morgan fingerprint density at radius 3 is 2.84 bits per heavy atom. The van der Waals surface area contributed by atoms with Gasteiger partial charge in [-0.3, -0.25) is 9.78 Å². The van der Waals surface area contributed by atoms with Crippen LogP contribution in [-0.2, 0) is 12.8 Å². The molecule has 1 aliphatic carbocycles. The highest BCUT2D eigenvalue weighted by Crippen LogP contribution is 2.40. The fourth-order valence-corrected chi connectivity index (χ4v) is 5.11. The lowest BCUT2D eigenvalue weighted by atomic mass is 10.2. The molecule has 8 heteroatoms. The summed E-state index contributed by atoms with van der Waals surface area (Å²) in [6.07, 6.45) is 6.74. The standard InChI is InChI=1S/C23H20FN5OS/c24-17-8-2-1-6-15(17)22(30)27-12-11-26-21-19-16-7-3-9-18(16)31-23(19)29-20(28-21)14-5-4-10-25-13-14/h1-2,4-6,8,10,13H,3,7,9,11-12H2,(H,27,30)(H,26,28,29). The first-order chi connectivity index (χ1) is 15.2. The van der Waals surface area contributed by atoms with Crippen molar-refractivity contribution in [2.24, 2.45) is 0 Å². The molecule has 31 heavy (non-hydrogen) atoms. The predicted octanol–water partition coefficient (Wildman–Crippen LogP) is 4.22. The van der Waals surface area contributed by atoms with Crippen molar-refractivity contribution in [3.63, 3.8) is 0 Å². The van der Waals surface area contributed by atoms with Crippen LogP contribution in [0.2, 0.25) is 0 Å². The lowest BCUT2D eigenvalue weighted by Crippen LogP contribution is -2.29. The summed E-state index contributed by atoms with van der Waals surface area (Å²) in [4.78, 5) is 28.3. The van der Waals surface area contributed by atoms with Gasteiger partial charge in [-0.25, -0.2) is 14.4 Å². The van der Waals surface area contributed by atoms with Gasteiger partial charge in [0.15, 0.2) is 5.82 Å². The molecule has 0 aliphatic heterocycles. The van der Waals surface area contributed by atoms with Gasteiger partial charge in [0.25, 0.3) is 5.91 Å². The van der Waals surface area contributed by atoms with Crippen LogP contribution in [0.15, 0.2) is 48.8 Å².